The molecule has 3 aromatic heterocycles. The lowest BCUT2D eigenvalue weighted by Crippen LogP contribution is -2.14. The lowest BCUT2D eigenvalue weighted by molar-refractivity contribution is 0.580. The van der Waals surface area contributed by atoms with Crippen molar-refractivity contribution in [1.29, 1.82) is 0 Å². The third kappa shape index (κ3) is 2.76. The van der Waals surface area contributed by atoms with Crippen LogP contribution in [-0.4, -0.2) is 28.6 Å². The minimum absolute atomic E-state index is 0.225. The standard InChI is InChI=1S/C19H17FN4O/c1-23(2)19-21-17(16-8-5-11-25-16)14-9-10-24(18(14)22-19)12-13-6-3-4-7-15(13)20/h3-11H,12H2,1-2H3. The summed E-state index contributed by atoms with van der Waals surface area (Å²) >= 11 is 0. The van der Waals surface area contributed by atoms with Crippen LogP contribution in [0, 0.1) is 5.82 Å². The zero-order valence-corrected chi connectivity index (χ0v) is 14.0. The van der Waals surface area contributed by atoms with E-state index < -0.39 is 0 Å². The molecule has 0 N–H and O–H groups in total. The monoisotopic (exact) mass is 336 g/mol. The van der Waals surface area contributed by atoms with E-state index in [1.807, 2.05) is 54.0 Å². The van der Waals surface area contributed by atoms with E-state index in [9.17, 15) is 4.39 Å². The molecule has 0 spiro atoms. The van der Waals surface area contributed by atoms with Crippen molar-refractivity contribution >= 4 is 17.0 Å². The lowest BCUT2D eigenvalue weighted by Gasteiger charge is -2.13. The molecule has 0 radical (unpaired) electrons. The van der Waals surface area contributed by atoms with Crippen molar-refractivity contribution in [2.75, 3.05) is 19.0 Å². The average molecular weight is 336 g/mol. The summed E-state index contributed by atoms with van der Waals surface area (Å²) in [6.07, 6.45) is 3.52. The van der Waals surface area contributed by atoms with Crippen LogP contribution in [0.25, 0.3) is 22.5 Å². The first-order chi connectivity index (χ1) is 12.1. The van der Waals surface area contributed by atoms with Crippen LogP contribution in [-0.2, 0) is 6.54 Å². The SMILES string of the molecule is CN(C)c1nc(-c2ccco2)c2ccn(Cc3ccccc3F)c2n1. The van der Waals surface area contributed by atoms with Gasteiger partial charge in [0, 0.05) is 31.2 Å². The van der Waals surface area contributed by atoms with Crippen molar-refractivity contribution in [1.82, 2.24) is 14.5 Å². The zero-order valence-electron chi connectivity index (χ0n) is 14.0. The van der Waals surface area contributed by atoms with Gasteiger partial charge in [0.1, 0.15) is 17.2 Å². The first-order valence-corrected chi connectivity index (χ1v) is 7.95. The maximum absolute atomic E-state index is 14.0. The Morgan fingerprint density at radius 3 is 2.64 bits per heavy atom. The van der Waals surface area contributed by atoms with Gasteiger partial charge in [-0.1, -0.05) is 18.2 Å². The molecule has 0 aliphatic carbocycles. The molecule has 126 valence electrons. The first-order valence-electron chi connectivity index (χ1n) is 7.95. The highest BCUT2D eigenvalue weighted by molar-refractivity contribution is 5.90. The minimum Gasteiger partial charge on any atom is -0.463 e. The Hall–Kier alpha value is -3.15. The van der Waals surface area contributed by atoms with Crippen molar-refractivity contribution in [3.63, 3.8) is 0 Å². The Bertz CT molecular complexity index is 1020. The first kappa shape index (κ1) is 15.4. The largest absolute Gasteiger partial charge is 0.463 e. The van der Waals surface area contributed by atoms with Gasteiger partial charge in [0.2, 0.25) is 5.95 Å². The highest BCUT2D eigenvalue weighted by Gasteiger charge is 2.16. The van der Waals surface area contributed by atoms with Crippen LogP contribution in [0.5, 0.6) is 0 Å². The number of hydrogen-bond donors (Lipinski definition) is 0. The fourth-order valence-corrected chi connectivity index (χ4v) is 2.79. The topological polar surface area (TPSA) is 47.1 Å². The highest BCUT2D eigenvalue weighted by atomic mass is 19.1. The van der Waals surface area contributed by atoms with Crippen molar-refractivity contribution in [3.8, 4) is 11.5 Å². The van der Waals surface area contributed by atoms with Crippen molar-refractivity contribution < 1.29 is 8.81 Å². The predicted molar refractivity (Wildman–Crippen MR) is 95.1 cm³/mol. The van der Waals surface area contributed by atoms with Gasteiger partial charge in [-0.25, -0.2) is 9.37 Å². The molecule has 0 aliphatic rings. The number of furan rings is 1. The Balaban J connectivity index is 1.88. The molecular weight excluding hydrogens is 319 g/mol. The fourth-order valence-electron chi connectivity index (χ4n) is 2.79. The van der Waals surface area contributed by atoms with E-state index in [4.69, 9.17) is 4.42 Å². The van der Waals surface area contributed by atoms with Gasteiger partial charge in [-0.2, -0.15) is 4.98 Å². The molecule has 4 aromatic rings. The number of halogens is 1. The van der Waals surface area contributed by atoms with Crippen LogP contribution < -0.4 is 4.90 Å². The smallest absolute Gasteiger partial charge is 0.227 e. The van der Waals surface area contributed by atoms with Crippen LogP contribution in [0.1, 0.15) is 5.56 Å². The molecule has 0 aliphatic heterocycles. The van der Waals surface area contributed by atoms with Gasteiger partial charge < -0.3 is 13.9 Å². The van der Waals surface area contributed by atoms with Gasteiger partial charge in [0.05, 0.1) is 12.8 Å². The van der Waals surface area contributed by atoms with E-state index in [2.05, 4.69) is 9.97 Å². The number of nitrogens with zero attached hydrogens (tertiary/aromatic N) is 4. The molecule has 0 saturated carbocycles. The number of anilines is 1. The summed E-state index contributed by atoms with van der Waals surface area (Å²) in [5.74, 6) is 1.03. The molecule has 5 nitrogen and oxygen atoms in total. The van der Waals surface area contributed by atoms with Gasteiger partial charge in [-0.05, 0) is 24.3 Å². The van der Waals surface area contributed by atoms with Crippen LogP contribution in [0.3, 0.4) is 0 Å². The fraction of sp³-hybridized carbons (Fsp3) is 0.158. The normalized spacial score (nSPS) is 11.2. The molecule has 0 amide bonds. The molecule has 6 heteroatoms. The summed E-state index contributed by atoms with van der Waals surface area (Å²) in [5.41, 5.74) is 2.09. The summed E-state index contributed by atoms with van der Waals surface area (Å²) in [6.45, 7) is 0.400. The Labute approximate surface area is 144 Å². The summed E-state index contributed by atoms with van der Waals surface area (Å²) < 4.78 is 21.5. The second-order valence-electron chi connectivity index (χ2n) is 6.02. The van der Waals surface area contributed by atoms with Crippen LogP contribution in [0.4, 0.5) is 10.3 Å². The second-order valence-corrected chi connectivity index (χ2v) is 6.02. The van der Waals surface area contributed by atoms with Gasteiger partial charge >= 0.3 is 0 Å². The summed E-state index contributed by atoms with van der Waals surface area (Å²) in [4.78, 5) is 11.1. The van der Waals surface area contributed by atoms with Crippen molar-refractivity contribution in [3.05, 3.63) is 66.3 Å². The van der Waals surface area contributed by atoms with Crippen LogP contribution in [0.2, 0.25) is 0 Å². The maximum atomic E-state index is 14.0. The molecule has 3 heterocycles. The number of rotatable bonds is 4. The zero-order chi connectivity index (χ0) is 17.4. The number of hydrogen-bond acceptors (Lipinski definition) is 4. The van der Waals surface area contributed by atoms with Crippen molar-refractivity contribution in [2.45, 2.75) is 6.54 Å². The Kier molecular flexibility index (Phi) is 3.72. The summed E-state index contributed by atoms with van der Waals surface area (Å²) in [7, 11) is 3.77. The maximum Gasteiger partial charge on any atom is 0.227 e. The molecule has 0 unspecified atom stereocenters. The number of aromatic nitrogens is 3. The molecule has 4 rings (SSSR count). The van der Waals surface area contributed by atoms with Gasteiger partial charge in [0.25, 0.3) is 0 Å². The molecule has 25 heavy (non-hydrogen) atoms. The van der Waals surface area contributed by atoms with Gasteiger partial charge in [-0.15, -0.1) is 0 Å². The molecule has 0 saturated heterocycles. The Morgan fingerprint density at radius 1 is 1.08 bits per heavy atom. The van der Waals surface area contributed by atoms with Crippen molar-refractivity contribution in [2.24, 2.45) is 0 Å². The minimum atomic E-state index is -0.225. The number of benzene rings is 1. The van der Waals surface area contributed by atoms with E-state index in [-0.39, 0.29) is 5.82 Å². The Morgan fingerprint density at radius 2 is 1.92 bits per heavy atom. The lowest BCUT2D eigenvalue weighted by atomic mass is 10.2. The third-order valence-corrected chi connectivity index (χ3v) is 4.06. The van der Waals surface area contributed by atoms with Gasteiger partial charge in [0.15, 0.2) is 5.76 Å². The van der Waals surface area contributed by atoms with Gasteiger partial charge in [-0.3, -0.25) is 0 Å². The van der Waals surface area contributed by atoms with E-state index in [1.165, 1.54) is 6.07 Å². The van der Waals surface area contributed by atoms with Crippen LogP contribution >= 0.6 is 0 Å². The molecule has 0 fully saturated rings. The predicted octanol–water partition coefficient (Wildman–Crippen LogP) is 3.94. The molecule has 1 aromatic carbocycles. The number of fused-ring (bicyclic) bond motifs is 1. The van der Waals surface area contributed by atoms with E-state index in [1.54, 1.807) is 18.4 Å². The molecule has 0 bridgehead atoms. The molecular formula is C19H17FN4O. The van der Waals surface area contributed by atoms with E-state index in [0.29, 0.717) is 23.8 Å². The van der Waals surface area contributed by atoms with E-state index in [0.717, 1.165) is 16.7 Å². The third-order valence-electron chi connectivity index (χ3n) is 4.06. The highest BCUT2D eigenvalue weighted by Crippen LogP contribution is 2.29. The summed E-state index contributed by atoms with van der Waals surface area (Å²) in [6, 6.07) is 12.4. The second kappa shape index (κ2) is 6.05. The molecule has 0 atom stereocenters. The quantitative estimate of drug-likeness (QED) is 0.566. The van der Waals surface area contributed by atoms with Crippen LogP contribution in [0.15, 0.2) is 59.3 Å². The van der Waals surface area contributed by atoms with E-state index >= 15 is 0 Å². The average Bonchev–Trinajstić information content (AvgIpc) is 3.26. The summed E-state index contributed by atoms with van der Waals surface area (Å²) in [5, 5.41) is 0.872.